The third-order valence-electron chi connectivity index (χ3n) is 0.588. The summed E-state index contributed by atoms with van der Waals surface area (Å²) in [5.41, 5.74) is 0. The Labute approximate surface area is 50.0 Å². The maximum atomic E-state index is 9.89. The molecule has 2 nitrogen and oxygen atoms in total. The van der Waals surface area contributed by atoms with E-state index in [1.54, 1.807) is 0 Å². The summed E-state index contributed by atoms with van der Waals surface area (Å²) in [5.74, 6) is -0.185. The van der Waals surface area contributed by atoms with E-state index in [9.17, 15) is 4.79 Å². The third kappa shape index (κ3) is 5.98. The Morgan fingerprint density at radius 2 is 1.86 bits per heavy atom. The topological polar surface area (TPSA) is 37.3 Å². The van der Waals surface area contributed by atoms with E-state index < -0.39 is 6.10 Å². The van der Waals surface area contributed by atoms with E-state index in [-0.39, 0.29) is 19.3 Å². The lowest BCUT2D eigenvalue weighted by atomic mass is 10.3. The van der Waals surface area contributed by atoms with E-state index >= 15 is 0 Å². The van der Waals surface area contributed by atoms with Crippen LogP contribution >= 0.6 is 13.5 Å². The van der Waals surface area contributed by atoms with Crippen LogP contribution in [0.3, 0.4) is 0 Å². The highest BCUT2D eigenvalue weighted by Gasteiger charge is 1.97. The molecule has 0 saturated heterocycles. The highest BCUT2D eigenvalue weighted by molar-refractivity contribution is 7.59. The van der Waals surface area contributed by atoms with E-state index in [2.05, 4.69) is 0 Å². The molecule has 1 atom stereocenters. The van der Waals surface area contributed by atoms with Crippen molar-refractivity contribution < 1.29 is 9.90 Å². The van der Waals surface area contributed by atoms with Crippen LogP contribution in [0.2, 0.25) is 0 Å². The van der Waals surface area contributed by atoms with Crippen LogP contribution in [0.5, 0.6) is 0 Å². The molecule has 44 valence electrons. The van der Waals surface area contributed by atoms with Crippen LogP contribution in [-0.2, 0) is 4.79 Å². The molecule has 0 aliphatic rings. The zero-order valence-corrected chi connectivity index (χ0v) is 5.43. The van der Waals surface area contributed by atoms with Crippen LogP contribution in [0.4, 0.5) is 0 Å². The number of carbonyl (C=O) groups is 1. The van der Waals surface area contributed by atoms with Crippen molar-refractivity contribution in [1.29, 1.82) is 0 Å². The molecule has 0 heterocycles. The number of aliphatic hydroxyl groups excluding tert-OH is 1. The molecule has 0 aromatic rings. The SMILES string of the molecule is CC(=O)C(C)O.S. The van der Waals surface area contributed by atoms with Crippen LogP contribution in [0.1, 0.15) is 13.8 Å². The number of ketones is 1. The van der Waals surface area contributed by atoms with Crippen molar-refractivity contribution in [2.45, 2.75) is 20.0 Å². The molecule has 0 aromatic carbocycles. The van der Waals surface area contributed by atoms with Crippen LogP contribution in [0.15, 0.2) is 0 Å². The Morgan fingerprint density at radius 1 is 1.71 bits per heavy atom. The average Bonchev–Trinajstić information content (AvgIpc) is 1.36. The van der Waals surface area contributed by atoms with Gasteiger partial charge in [0, 0.05) is 0 Å². The van der Waals surface area contributed by atoms with Gasteiger partial charge < -0.3 is 5.11 Å². The average molecular weight is 122 g/mol. The second-order valence-electron chi connectivity index (χ2n) is 1.29. The number of rotatable bonds is 1. The second kappa shape index (κ2) is 4.15. The number of Topliss-reactive ketones (excluding diaryl/α,β-unsaturated/α-hetero) is 1. The minimum absolute atomic E-state index is 0. The lowest BCUT2D eigenvalue weighted by molar-refractivity contribution is -0.124. The minimum Gasteiger partial charge on any atom is -0.386 e. The molecule has 0 aromatic heterocycles. The highest BCUT2D eigenvalue weighted by Crippen LogP contribution is 1.76. The molecule has 0 amide bonds. The van der Waals surface area contributed by atoms with Gasteiger partial charge >= 0.3 is 0 Å². The van der Waals surface area contributed by atoms with E-state index in [4.69, 9.17) is 5.11 Å². The summed E-state index contributed by atoms with van der Waals surface area (Å²) in [6, 6.07) is 0. The molecule has 1 unspecified atom stereocenters. The predicted octanol–water partition coefficient (Wildman–Crippen LogP) is 0.0690. The monoisotopic (exact) mass is 122 g/mol. The van der Waals surface area contributed by atoms with Gasteiger partial charge in [0.25, 0.3) is 0 Å². The number of carbonyl (C=O) groups excluding carboxylic acids is 1. The quantitative estimate of drug-likeness (QED) is 0.534. The molecule has 0 aliphatic carbocycles. The molecule has 1 N–H and O–H groups in total. The second-order valence-corrected chi connectivity index (χ2v) is 1.29. The molecule has 0 saturated carbocycles. The summed E-state index contributed by atoms with van der Waals surface area (Å²) < 4.78 is 0. The first-order valence-electron chi connectivity index (χ1n) is 1.83. The molecule has 3 heteroatoms. The van der Waals surface area contributed by atoms with Gasteiger partial charge in [-0.15, -0.1) is 0 Å². The van der Waals surface area contributed by atoms with Crippen molar-refractivity contribution in [2.75, 3.05) is 0 Å². The van der Waals surface area contributed by atoms with Gasteiger partial charge in [0.1, 0.15) is 6.10 Å². The Hall–Kier alpha value is -0.0200. The van der Waals surface area contributed by atoms with E-state index in [0.717, 1.165) is 0 Å². The molecule has 0 bridgehead atoms. The lowest BCUT2D eigenvalue weighted by Crippen LogP contribution is -2.10. The Kier molecular flexibility index (Phi) is 5.96. The molecular formula is C4H10O2S. The van der Waals surface area contributed by atoms with Crippen molar-refractivity contribution >= 4 is 19.3 Å². The molecule has 0 aliphatic heterocycles. The largest absolute Gasteiger partial charge is 0.386 e. The zero-order valence-electron chi connectivity index (χ0n) is 4.43. The molecule has 0 rings (SSSR count). The van der Waals surface area contributed by atoms with Crippen molar-refractivity contribution in [2.24, 2.45) is 0 Å². The van der Waals surface area contributed by atoms with Gasteiger partial charge in [0.15, 0.2) is 5.78 Å². The van der Waals surface area contributed by atoms with E-state index in [1.807, 2.05) is 0 Å². The molecular weight excluding hydrogens is 112 g/mol. The smallest absolute Gasteiger partial charge is 0.157 e. The maximum absolute atomic E-state index is 9.89. The van der Waals surface area contributed by atoms with Gasteiger partial charge in [-0.3, -0.25) is 4.79 Å². The Balaban J connectivity index is 0. The first-order valence-corrected chi connectivity index (χ1v) is 1.83. The van der Waals surface area contributed by atoms with E-state index in [1.165, 1.54) is 13.8 Å². The molecule has 0 fully saturated rings. The van der Waals surface area contributed by atoms with Gasteiger partial charge in [-0.2, -0.15) is 13.5 Å². The van der Waals surface area contributed by atoms with Crippen molar-refractivity contribution in [3.05, 3.63) is 0 Å². The van der Waals surface area contributed by atoms with E-state index in [0.29, 0.717) is 0 Å². The predicted molar refractivity (Wildman–Crippen MR) is 32.7 cm³/mol. The van der Waals surface area contributed by atoms with Crippen molar-refractivity contribution in [1.82, 2.24) is 0 Å². The fourth-order valence-corrected chi connectivity index (χ4v) is 0. The fraction of sp³-hybridized carbons (Fsp3) is 0.750. The fourth-order valence-electron chi connectivity index (χ4n) is 0. The lowest BCUT2D eigenvalue weighted by Gasteiger charge is -1.90. The molecule has 0 spiro atoms. The number of aliphatic hydroxyl groups is 1. The summed E-state index contributed by atoms with van der Waals surface area (Å²) >= 11 is 0. The van der Waals surface area contributed by atoms with Gasteiger partial charge in [-0.05, 0) is 13.8 Å². The number of hydrogen-bond donors (Lipinski definition) is 1. The summed E-state index contributed by atoms with van der Waals surface area (Å²) in [4.78, 5) is 9.89. The summed E-state index contributed by atoms with van der Waals surface area (Å²) in [6.07, 6.45) is -0.787. The number of hydrogen-bond acceptors (Lipinski definition) is 2. The Bertz CT molecular complexity index is 60.7. The van der Waals surface area contributed by atoms with Gasteiger partial charge in [0.2, 0.25) is 0 Å². The Morgan fingerprint density at radius 3 is 1.86 bits per heavy atom. The van der Waals surface area contributed by atoms with Crippen molar-refractivity contribution in [3.63, 3.8) is 0 Å². The van der Waals surface area contributed by atoms with Crippen LogP contribution in [0, 0.1) is 0 Å². The maximum Gasteiger partial charge on any atom is 0.157 e. The third-order valence-corrected chi connectivity index (χ3v) is 0.588. The van der Waals surface area contributed by atoms with Crippen molar-refractivity contribution in [3.8, 4) is 0 Å². The first-order chi connectivity index (χ1) is 2.64. The minimum atomic E-state index is -0.787. The molecule has 0 radical (unpaired) electrons. The van der Waals surface area contributed by atoms with Gasteiger partial charge in [0.05, 0.1) is 0 Å². The zero-order chi connectivity index (χ0) is 5.15. The summed E-state index contributed by atoms with van der Waals surface area (Å²) in [6.45, 7) is 2.80. The standard InChI is InChI=1S/C4H8O2.H2S/c1-3(5)4(2)6;/h3,5H,1-2H3;1H2. The summed E-state index contributed by atoms with van der Waals surface area (Å²) in [7, 11) is 0. The molecule has 7 heavy (non-hydrogen) atoms. The van der Waals surface area contributed by atoms with Gasteiger partial charge in [-0.1, -0.05) is 0 Å². The van der Waals surface area contributed by atoms with Crippen LogP contribution in [-0.4, -0.2) is 17.0 Å². The van der Waals surface area contributed by atoms with Crippen LogP contribution < -0.4 is 0 Å². The normalized spacial score (nSPS) is 11.9. The first kappa shape index (κ1) is 10.1. The van der Waals surface area contributed by atoms with Crippen LogP contribution in [0.25, 0.3) is 0 Å². The van der Waals surface area contributed by atoms with Gasteiger partial charge in [-0.25, -0.2) is 0 Å². The highest BCUT2D eigenvalue weighted by atomic mass is 32.1. The summed E-state index contributed by atoms with van der Waals surface area (Å²) in [5, 5.41) is 8.28.